The average molecular weight is 565 g/mol. The van der Waals surface area contributed by atoms with Gasteiger partial charge in [0.05, 0.1) is 23.9 Å². The molecule has 4 aromatic rings. The number of Topliss-reactive ketones (excluding diaryl/α,β-unsaturated/α-hetero) is 1. The molecule has 0 saturated heterocycles. The molecule has 220 valence electrons. The minimum Gasteiger partial charge on any atom is -0.508 e. The van der Waals surface area contributed by atoms with Gasteiger partial charge in [-0.1, -0.05) is 37.6 Å². The van der Waals surface area contributed by atoms with Gasteiger partial charge >= 0.3 is 0 Å². The highest BCUT2D eigenvalue weighted by molar-refractivity contribution is 5.83. The zero-order chi connectivity index (χ0) is 29.5. The molecule has 41 heavy (non-hydrogen) atoms. The van der Waals surface area contributed by atoms with Gasteiger partial charge in [-0.05, 0) is 54.0 Å². The molecule has 2 aromatic carbocycles. The van der Waals surface area contributed by atoms with E-state index in [-0.39, 0.29) is 55.4 Å². The average Bonchev–Trinajstić information content (AvgIpc) is 3.49. The van der Waals surface area contributed by atoms with Crippen LogP contribution in [0.15, 0.2) is 55.0 Å². The van der Waals surface area contributed by atoms with Crippen molar-refractivity contribution in [2.45, 2.75) is 77.0 Å². The van der Waals surface area contributed by atoms with E-state index >= 15 is 0 Å². The molecule has 0 spiro atoms. The van der Waals surface area contributed by atoms with Crippen molar-refractivity contribution in [2.75, 3.05) is 0 Å². The van der Waals surface area contributed by atoms with Crippen LogP contribution in [0.2, 0.25) is 0 Å². The SMILES string of the molecule is CCC[C@H](O)C[C@@H](O)CC(=O)CCc1cc(OCn2cc3[nH]cc(Cc4cccc(C(N)N)c4)c3c2)c(O)cc1O. The summed E-state index contributed by atoms with van der Waals surface area (Å²) in [6, 6.07) is 10.6. The summed E-state index contributed by atoms with van der Waals surface area (Å²) in [5.41, 5.74) is 16.1. The van der Waals surface area contributed by atoms with E-state index in [1.165, 1.54) is 12.1 Å². The lowest BCUT2D eigenvalue weighted by Crippen LogP contribution is -2.20. The molecule has 0 amide bonds. The van der Waals surface area contributed by atoms with Crippen LogP contribution in [0.1, 0.15) is 67.4 Å². The normalized spacial score (nSPS) is 13.1. The zero-order valence-corrected chi connectivity index (χ0v) is 23.3. The summed E-state index contributed by atoms with van der Waals surface area (Å²) in [5.74, 6) is -0.345. The standard InChI is InChI=1S/C31H40N4O6/c1-2-4-23(36)12-25(38)13-24(37)8-7-20-11-30(29(40)14-28(20)39)41-18-35-16-26-22(15-34-27(26)17-35)10-19-5-3-6-21(9-19)31(32)33/h3,5-6,9,11,14-17,23,25,31,34,36,38-40H,2,4,7-8,10,12-13,18,32-33H2,1H3/t23-,25+/m0/s1. The third kappa shape index (κ3) is 8.11. The number of aliphatic hydroxyl groups is 2. The van der Waals surface area contributed by atoms with Gasteiger partial charge in [0.2, 0.25) is 0 Å². The van der Waals surface area contributed by atoms with Crippen molar-refractivity contribution in [3.05, 3.63) is 77.2 Å². The number of phenols is 2. The Kier molecular flexibility index (Phi) is 10.1. The number of nitrogens with zero attached hydrogens (tertiary/aromatic N) is 1. The van der Waals surface area contributed by atoms with E-state index in [4.69, 9.17) is 16.2 Å². The molecule has 0 bridgehead atoms. The molecule has 0 aliphatic heterocycles. The van der Waals surface area contributed by atoms with Gasteiger partial charge < -0.3 is 46.2 Å². The topological polar surface area (TPSA) is 180 Å². The molecule has 2 atom stereocenters. The third-order valence-corrected chi connectivity index (χ3v) is 7.19. The summed E-state index contributed by atoms with van der Waals surface area (Å²) in [5, 5.41) is 41.6. The predicted molar refractivity (Wildman–Crippen MR) is 157 cm³/mol. The molecule has 0 fully saturated rings. The number of aryl methyl sites for hydroxylation is 1. The Morgan fingerprint density at radius 1 is 1.05 bits per heavy atom. The van der Waals surface area contributed by atoms with Crippen LogP contribution in [0.25, 0.3) is 10.9 Å². The lowest BCUT2D eigenvalue weighted by Gasteiger charge is -2.15. The number of ether oxygens (including phenoxy) is 1. The fourth-order valence-electron chi connectivity index (χ4n) is 5.02. The van der Waals surface area contributed by atoms with Gasteiger partial charge in [0, 0.05) is 42.9 Å². The number of carbonyl (C=O) groups is 1. The Balaban J connectivity index is 1.36. The number of carbonyl (C=O) groups excluding carboxylic acids is 1. The predicted octanol–water partition coefficient (Wildman–Crippen LogP) is 3.73. The molecule has 4 rings (SSSR count). The number of hydrogen-bond acceptors (Lipinski definition) is 8. The third-order valence-electron chi connectivity index (χ3n) is 7.19. The number of hydrogen-bond donors (Lipinski definition) is 7. The van der Waals surface area contributed by atoms with Gasteiger partial charge in [0.1, 0.15) is 11.5 Å². The number of phenolic OH excluding ortho intramolecular Hbond substituents is 2. The summed E-state index contributed by atoms with van der Waals surface area (Å²) < 4.78 is 7.71. The summed E-state index contributed by atoms with van der Waals surface area (Å²) in [7, 11) is 0. The number of nitrogens with two attached hydrogens (primary N) is 2. The van der Waals surface area contributed by atoms with Crippen LogP contribution in [-0.2, 0) is 24.4 Å². The number of aromatic hydroxyl groups is 2. The first-order valence-electron chi connectivity index (χ1n) is 13.9. The molecule has 0 aliphatic rings. The Morgan fingerprint density at radius 2 is 1.85 bits per heavy atom. The van der Waals surface area contributed by atoms with Crippen molar-refractivity contribution in [2.24, 2.45) is 11.5 Å². The van der Waals surface area contributed by atoms with Crippen molar-refractivity contribution in [1.82, 2.24) is 9.55 Å². The van der Waals surface area contributed by atoms with Gasteiger partial charge in [0.15, 0.2) is 18.2 Å². The molecular weight excluding hydrogens is 524 g/mol. The molecule has 0 saturated carbocycles. The molecule has 0 aliphatic carbocycles. The number of fused-ring (bicyclic) bond motifs is 1. The second-order valence-corrected chi connectivity index (χ2v) is 10.7. The van der Waals surface area contributed by atoms with E-state index < -0.39 is 18.4 Å². The summed E-state index contributed by atoms with van der Waals surface area (Å²) in [6.45, 7) is 2.06. The number of aliphatic hydroxyl groups excluding tert-OH is 2. The fourth-order valence-corrected chi connectivity index (χ4v) is 5.02. The molecule has 10 nitrogen and oxygen atoms in total. The van der Waals surface area contributed by atoms with E-state index in [1.54, 1.807) is 0 Å². The monoisotopic (exact) mass is 564 g/mol. The van der Waals surface area contributed by atoms with Crippen molar-refractivity contribution in [3.8, 4) is 17.2 Å². The molecule has 2 heterocycles. The second kappa shape index (κ2) is 13.7. The highest BCUT2D eigenvalue weighted by atomic mass is 16.5. The maximum atomic E-state index is 12.4. The van der Waals surface area contributed by atoms with Crippen LogP contribution in [0.3, 0.4) is 0 Å². The Morgan fingerprint density at radius 3 is 2.61 bits per heavy atom. The Hall–Kier alpha value is -3.83. The number of ketones is 1. The summed E-state index contributed by atoms with van der Waals surface area (Å²) in [4.78, 5) is 15.6. The molecule has 0 unspecified atom stereocenters. The lowest BCUT2D eigenvalue weighted by molar-refractivity contribution is -0.121. The van der Waals surface area contributed by atoms with Crippen molar-refractivity contribution in [3.63, 3.8) is 0 Å². The first-order valence-corrected chi connectivity index (χ1v) is 13.9. The number of aromatic nitrogens is 2. The van der Waals surface area contributed by atoms with E-state index in [0.29, 0.717) is 18.4 Å². The lowest BCUT2D eigenvalue weighted by atomic mass is 9.99. The molecule has 2 aromatic heterocycles. The molecule has 10 heteroatoms. The highest BCUT2D eigenvalue weighted by Crippen LogP contribution is 2.34. The Bertz CT molecular complexity index is 1460. The number of rotatable bonds is 15. The van der Waals surface area contributed by atoms with Crippen LogP contribution >= 0.6 is 0 Å². The van der Waals surface area contributed by atoms with E-state index in [0.717, 1.165) is 34.0 Å². The quantitative estimate of drug-likeness (QED) is 0.107. The van der Waals surface area contributed by atoms with Crippen LogP contribution < -0.4 is 16.2 Å². The summed E-state index contributed by atoms with van der Waals surface area (Å²) in [6.07, 6.45) is 6.27. The van der Waals surface area contributed by atoms with Crippen molar-refractivity contribution in [1.29, 1.82) is 0 Å². The van der Waals surface area contributed by atoms with E-state index in [2.05, 4.69) is 4.98 Å². The van der Waals surface area contributed by atoms with E-state index in [9.17, 15) is 25.2 Å². The van der Waals surface area contributed by atoms with Crippen LogP contribution in [0.5, 0.6) is 17.2 Å². The summed E-state index contributed by atoms with van der Waals surface area (Å²) >= 11 is 0. The highest BCUT2D eigenvalue weighted by Gasteiger charge is 2.17. The van der Waals surface area contributed by atoms with E-state index in [1.807, 2.05) is 54.3 Å². The van der Waals surface area contributed by atoms with Gasteiger partial charge in [-0.3, -0.25) is 4.79 Å². The number of benzene rings is 2. The first kappa shape index (κ1) is 30.1. The zero-order valence-electron chi connectivity index (χ0n) is 23.3. The van der Waals surface area contributed by atoms with Gasteiger partial charge in [-0.25, -0.2) is 0 Å². The smallest absolute Gasteiger partial charge is 0.165 e. The van der Waals surface area contributed by atoms with Crippen LogP contribution in [0, 0.1) is 0 Å². The minimum atomic E-state index is -0.904. The maximum Gasteiger partial charge on any atom is 0.165 e. The Labute approximate surface area is 239 Å². The number of aromatic amines is 1. The minimum absolute atomic E-state index is 0.0578. The van der Waals surface area contributed by atoms with Gasteiger partial charge in [-0.2, -0.15) is 0 Å². The van der Waals surface area contributed by atoms with Crippen molar-refractivity contribution >= 4 is 16.7 Å². The van der Waals surface area contributed by atoms with Crippen LogP contribution in [0.4, 0.5) is 0 Å². The number of H-pyrrole nitrogens is 1. The fraction of sp³-hybridized carbons (Fsp3) is 0.387. The number of nitrogens with one attached hydrogen (secondary N) is 1. The second-order valence-electron chi connectivity index (χ2n) is 10.7. The molecule has 0 radical (unpaired) electrons. The van der Waals surface area contributed by atoms with Crippen LogP contribution in [-0.4, -0.2) is 48.0 Å². The maximum absolute atomic E-state index is 12.4. The molecular formula is C31H40N4O6. The molecule has 9 N–H and O–H groups in total. The van der Waals surface area contributed by atoms with Crippen molar-refractivity contribution < 1.29 is 30.0 Å². The first-order chi connectivity index (χ1) is 19.6. The van der Waals surface area contributed by atoms with Gasteiger partial charge in [-0.15, -0.1) is 0 Å². The van der Waals surface area contributed by atoms with Gasteiger partial charge in [0.25, 0.3) is 0 Å². The largest absolute Gasteiger partial charge is 0.508 e.